The van der Waals surface area contributed by atoms with Crippen LogP contribution in [0.1, 0.15) is 31.7 Å². The van der Waals surface area contributed by atoms with Crippen LogP contribution in [0.25, 0.3) is 0 Å². The average molecular weight is 317 g/mol. The lowest BCUT2D eigenvalue weighted by Gasteiger charge is -2.33. The maximum absolute atomic E-state index is 12.3. The number of esters is 1. The van der Waals surface area contributed by atoms with Crippen LogP contribution < -0.4 is 0 Å². The Morgan fingerprint density at radius 1 is 1.22 bits per heavy atom. The van der Waals surface area contributed by atoms with Crippen molar-refractivity contribution in [3.63, 3.8) is 0 Å². The fraction of sp³-hybridized carbons (Fsp3) is 0.444. The van der Waals surface area contributed by atoms with Gasteiger partial charge >= 0.3 is 12.1 Å². The smallest absolute Gasteiger partial charge is 0.410 e. The van der Waals surface area contributed by atoms with Crippen LogP contribution in [0, 0.1) is 0 Å². The predicted octanol–water partition coefficient (Wildman–Crippen LogP) is 3.30. The second-order valence-corrected chi connectivity index (χ2v) is 5.41. The van der Waals surface area contributed by atoms with Gasteiger partial charge < -0.3 is 14.4 Å². The lowest BCUT2D eigenvalue weighted by atomic mass is 10.0. The van der Waals surface area contributed by atoms with Crippen LogP contribution in [-0.4, -0.2) is 36.2 Å². The van der Waals surface area contributed by atoms with E-state index in [4.69, 9.17) is 9.47 Å². The standard InChI is InChI=1S/C18H23NO4/c1-2-22-17(20)12-11-16-10-6-7-13-19(16)18(21)23-14-15-8-4-3-5-9-15/h3-5,8-9,11-12,16H,2,6-7,10,13-14H2,1H3/t16-/m1/s1. The third kappa shape index (κ3) is 5.43. The van der Waals surface area contributed by atoms with Crippen LogP contribution in [0.5, 0.6) is 0 Å². The highest BCUT2D eigenvalue weighted by molar-refractivity contribution is 5.82. The second kappa shape index (κ2) is 8.98. The normalized spacial score (nSPS) is 18.0. The Bertz CT molecular complexity index is 541. The van der Waals surface area contributed by atoms with Crippen molar-refractivity contribution in [2.45, 2.75) is 38.8 Å². The Morgan fingerprint density at radius 3 is 2.74 bits per heavy atom. The van der Waals surface area contributed by atoms with Gasteiger partial charge in [-0.25, -0.2) is 9.59 Å². The topological polar surface area (TPSA) is 55.8 Å². The van der Waals surface area contributed by atoms with Crippen molar-refractivity contribution in [2.75, 3.05) is 13.2 Å². The third-order valence-electron chi connectivity index (χ3n) is 3.73. The number of nitrogens with zero attached hydrogens (tertiary/aromatic N) is 1. The Balaban J connectivity index is 1.91. The van der Waals surface area contributed by atoms with E-state index in [9.17, 15) is 9.59 Å². The maximum atomic E-state index is 12.3. The Hall–Kier alpha value is -2.30. The van der Waals surface area contributed by atoms with Gasteiger partial charge in [-0.15, -0.1) is 0 Å². The van der Waals surface area contributed by atoms with E-state index in [-0.39, 0.29) is 24.7 Å². The zero-order chi connectivity index (χ0) is 16.5. The molecule has 1 atom stereocenters. The predicted molar refractivity (Wildman–Crippen MR) is 86.7 cm³/mol. The summed E-state index contributed by atoms with van der Waals surface area (Å²) in [5.41, 5.74) is 0.955. The molecule has 0 aliphatic carbocycles. The number of carbonyl (C=O) groups excluding carboxylic acids is 2. The van der Waals surface area contributed by atoms with Gasteiger partial charge in [-0.2, -0.15) is 0 Å². The minimum Gasteiger partial charge on any atom is -0.463 e. The summed E-state index contributed by atoms with van der Waals surface area (Å²) >= 11 is 0. The molecule has 0 aromatic heterocycles. The van der Waals surface area contributed by atoms with E-state index in [0.717, 1.165) is 24.8 Å². The van der Waals surface area contributed by atoms with Crippen molar-refractivity contribution in [3.05, 3.63) is 48.0 Å². The van der Waals surface area contributed by atoms with Crippen LogP contribution in [0.15, 0.2) is 42.5 Å². The van der Waals surface area contributed by atoms with E-state index in [1.807, 2.05) is 30.3 Å². The van der Waals surface area contributed by atoms with Crippen LogP contribution in [-0.2, 0) is 20.9 Å². The molecular formula is C18H23NO4. The van der Waals surface area contributed by atoms with Gasteiger partial charge in [0.2, 0.25) is 0 Å². The van der Waals surface area contributed by atoms with E-state index in [2.05, 4.69) is 0 Å². The minimum absolute atomic E-state index is 0.114. The Morgan fingerprint density at radius 2 is 2.00 bits per heavy atom. The van der Waals surface area contributed by atoms with Gasteiger partial charge in [0.15, 0.2) is 0 Å². The molecule has 1 aliphatic heterocycles. The summed E-state index contributed by atoms with van der Waals surface area (Å²) in [6.07, 6.45) is 5.60. The average Bonchev–Trinajstić information content (AvgIpc) is 2.59. The maximum Gasteiger partial charge on any atom is 0.410 e. The van der Waals surface area contributed by atoms with E-state index < -0.39 is 0 Å². The third-order valence-corrected chi connectivity index (χ3v) is 3.73. The number of likely N-dealkylation sites (tertiary alicyclic amines) is 1. The summed E-state index contributed by atoms with van der Waals surface area (Å²) in [5, 5.41) is 0. The zero-order valence-corrected chi connectivity index (χ0v) is 13.4. The van der Waals surface area contributed by atoms with Crippen LogP contribution >= 0.6 is 0 Å². The number of amides is 1. The zero-order valence-electron chi connectivity index (χ0n) is 13.4. The first-order valence-electron chi connectivity index (χ1n) is 8.03. The molecule has 0 bridgehead atoms. The van der Waals surface area contributed by atoms with Crippen LogP contribution in [0.4, 0.5) is 4.79 Å². The van der Waals surface area contributed by atoms with Crippen molar-refractivity contribution in [3.8, 4) is 0 Å². The summed E-state index contributed by atoms with van der Waals surface area (Å²) in [5.74, 6) is -0.379. The molecule has 1 aliphatic rings. The summed E-state index contributed by atoms with van der Waals surface area (Å²) in [7, 11) is 0. The molecule has 0 saturated carbocycles. The summed E-state index contributed by atoms with van der Waals surface area (Å²) in [6, 6.07) is 9.47. The number of ether oxygens (including phenoxy) is 2. The molecular weight excluding hydrogens is 294 g/mol. The lowest BCUT2D eigenvalue weighted by Crippen LogP contribution is -2.43. The quantitative estimate of drug-likeness (QED) is 0.617. The molecule has 5 nitrogen and oxygen atoms in total. The molecule has 2 rings (SSSR count). The lowest BCUT2D eigenvalue weighted by molar-refractivity contribution is -0.137. The van der Waals surface area contributed by atoms with Crippen LogP contribution in [0.2, 0.25) is 0 Å². The van der Waals surface area contributed by atoms with Crippen molar-refractivity contribution in [1.29, 1.82) is 0 Å². The van der Waals surface area contributed by atoms with Crippen molar-refractivity contribution in [2.24, 2.45) is 0 Å². The molecule has 1 saturated heterocycles. The molecule has 5 heteroatoms. The summed E-state index contributed by atoms with van der Waals surface area (Å²) in [4.78, 5) is 25.4. The Kier molecular flexibility index (Phi) is 6.66. The van der Waals surface area contributed by atoms with Gasteiger partial charge in [-0.3, -0.25) is 0 Å². The number of hydrogen-bond acceptors (Lipinski definition) is 4. The van der Waals surface area contributed by atoms with Gasteiger partial charge in [0, 0.05) is 12.6 Å². The molecule has 23 heavy (non-hydrogen) atoms. The van der Waals surface area contributed by atoms with Crippen molar-refractivity contribution >= 4 is 12.1 Å². The molecule has 0 spiro atoms. The number of benzene rings is 1. The number of carbonyl (C=O) groups is 2. The van der Waals surface area contributed by atoms with Crippen LogP contribution in [0.3, 0.4) is 0 Å². The number of hydrogen-bond donors (Lipinski definition) is 0. The molecule has 0 N–H and O–H groups in total. The van der Waals surface area contributed by atoms with Gasteiger partial charge in [0.25, 0.3) is 0 Å². The summed E-state index contributed by atoms with van der Waals surface area (Å²) < 4.78 is 10.3. The first-order chi connectivity index (χ1) is 11.2. The highest BCUT2D eigenvalue weighted by Crippen LogP contribution is 2.19. The molecule has 0 unspecified atom stereocenters. The Labute approximate surface area is 136 Å². The second-order valence-electron chi connectivity index (χ2n) is 5.41. The molecule has 1 heterocycles. The fourth-order valence-electron chi connectivity index (χ4n) is 2.57. The van der Waals surface area contributed by atoms with Crippen molar-refractivity contribution < 1.29 is 19.1 Å². The molecule has 1 fully saturated rings. The van der Waals surface area contributed by atoms with Gasteiger partial charge in [0.05, 0.1) is 12.6 Å². The van der Waals surface area contributed by atoms with E-state index in [1.165, 1.54) is 6.08 Å². The largest absolute Gasteiger partial charge is 0.463 e. The molecule has 124 valence electrons. The molecule has 1 amide bonds. The fourth-order valence-corrected chi connectivity index (χ4v) is 2.57. The van der Waals surface area contributed by atoms with Gasteiger partial charge in [-0.1, -0.05) is 36.4 Å². The van der Waals surface area contributed by atoms with E-state index >= 15 is 0 Å². The highest BCUT2D eigenvalue weighted by Gasteiger charge is 2.26. The summed E-state index contributed by atoms with van der Waals surface area (Å²) in [6.45, 7) is 3.01. The number of piperidine rings is 1. The van der Waals surface area contributed by atoms with Gasteiger partial charge in [0.1, 0.15) is 6.61 Å². The minimum atomic E-state index is -0.379. The SMILES string of the molecule is CCOC(=O)C=C[C@H]1CCCCN1C(=O)OCc1ccccc1. The molecule has 1 aromatic rings. The monoisotopic (exact) mass is 317 g/mol. The van der Waals surface area contributed by atoms with Crippen molar-refractivity contribution in [1.82, 2.24) is 4.90 Å². The van der Waals surface area contributed by atoms with E-state index in [1.54, 1.807) is 17.9 Å². The number of rotatable bonds is 5. The first-order valence-corrected chi connectivity index (χ1v) is 8.03. The van der Waals surface area contributed by atoms with E-state index in [0.29, 0.717) is 13.2 Å². The highest BCUT2D eigenvalue weighted by atomic mass is 16.6. The first kappa shape index (κ1) is 17.1. The molecule has 0 radical (unpaired) electrons. The van der Waals surface area contributed by atoms with Gasteiger partial charge in [-0.05, 0) is 31.7 Å². The molecule has 1 aromatic carbocycles.